The van der Waals surface area contributed by atoms with Gasteiger partial charge in [0.05, 0.1) is 0 Å². The molecule has 0 aromatic carbocycles. The van der Waals surface area contributed by atoms with Crippen LogP contribution in [0.4, 0.5) is 26.3 Å². The van der Waals surface area contributed by atoms with Crippen molar-refractivity contribution in [3.05, 3.63) is 0 Å². The van der Waals surface area contributed by atoms with Gasteiger partial charge in [0, 0.05) is 0 Å². The van der Waals surface area contributed by atoms with Gasteiger partial charge in [-0.1, -0.05) is 11.2 Å². The van der Waals surface area contributed by atoms with Crippen molar-refractivity contribution in [1.29, 1.82) is 0 Å². The van der Waals surface area contributed by atoms with Gasteiger partial charge in [-0.25, -0.2) is 0 Å². The highest BCUT2D eigenvalue weighted by atomic mass is 35.7. The van der Waals surface area contributed by atoms with E-state index in [0.29, 0.717) is 0 Å². The molecule has 0 saturated carbocycles. The summed E-state index contributed by atoms with van der Waals surface area (Å²) in [5, 5.41) is 0. The lowest BCUT2D eigenvalue weighted by molar-refractivity contribution is -0.0797. The molecule has 0 fully saturated rings. The molecule has 0 heterocycles. The van der Waals surface area contributed by atoms with Crippen molar-refractivity contribution in [3.8, 4) is 0 Å². The Morgan fingerprint density at radius 3 is 1.00 bits per heavy atom. The molecule has 0 saturated heterocycles. The Balaban J connectivity index is 4.23. The second-order valence-corrected chi connectivity index (χ2v) is 3.81. The van der Waals surface area contributed by atoms with Crippen molar-refractivity contribution in [2.45, 2.75) is 11.8 Å². The smallest absolute Gasteiger partial charge is 0.165 e. The molecule has 0 aliphatic heterocycles. The third kappa shape index (κ3) is 2.92. The molecule has 0 radical (unpaired) electrons. The van der Waals surface area contributed by atoms with E-state index in [1.165, 1.54) is 0 Å². The minimum Gasteiger partial charge on any atom is -0.165 e. The molecule has 0 aromatic heterocycles. The van der Waals surface area contributed by atoms with Gasteiger partial charge in [0.25, 0.3) is 0 Å². The van der Waals surface area contributed by atoms with Crippen LogP contribution in [0.5, 0.6) is 0 Å². The number of hydrogen-bond acceptors (Lipinski definition) is 0. The zero-order valence-electron chi connectivity index (χ0n) is 4.09. The summed E-state index contributed by atoms with van der Waals surface area (Å²) in [6, 6.07) is 0. The summed E-state index contributed by atoms with van der Waals surface area (Å²) in [7, 11) is -4.39. The molecule has 0 aliphatic carbocycles. The fourth-order valence-corrected chi connectivity index (χ4v) is 0.431. The first-order valence-corrected chi connectivity index (χ1v) is 4.00. The van der Waals surface area contributed by atoms with Gasteiger partial charge in [0.1, 0.15) is 0 Å². The average molecular weight is 204 g/mol. The first kappa shape index (κ1) is 10.3. The maximum atomic E-state index is 11.1. The Hall–Kier alpha value is 0.300. The second-order valence-electron chi connectivity index (χ2n) is 1.22. The molecule has 62 valence electrons. The standard InChI is InChI=1S/C2ClF6P/c3-10(1(4,5)6)2(7,8)9. The van der Waals surface area contributed by atoms with Gasteiger partial charge in [-0.05, 0) is 0 Å². The van der Waals surface area contributed by atoms with Crippen LogP contribution < -0.4 is 0 Å². The second kappa shape index (κ2) is 2.74. The van der Waals surface area contributed by atoms with Gasteiger partial charge in [-0.3, -0.25) is 0 Å². The zero-order chi connectivity index (χ0) is 8.58. The van der Waals surface area contributed by atoms with Crippen LogP contribution in [0.25, 0.3) is 0 Å². The molecule has 0 unspecified atom stereocenters. The molecule has 0 spiro atoms. The van der Waals surface area contributed by atoms with Crippen molar-refractivity contribution < 1.29 is 26.3 Å². The van der Waals surface area contributed by atoms with E-state index in [0.717, 1.165) is 0 Å². The van der Waals surface area contributed by atoms with Crippen molar-refractivity contribution in [3.63, 3.8) is 0 Å². The fourth-order valence-electron chi connectivity index (χ4n) is 0.144. The number of hydrogen-bond donors (Lipinski definition) is 0. The van der Waals surface area contributed by atoms with Gasteiger partial charge in [0.15, 0.2) is 0 Å². The highest BCUT2D eigenvalue weighted by Gasteiger charge is 2.56. The van der Waals surface area contributed by atoms with Gasteiger partial charge in [0.2, 0.25) is 7.27 Å². The van der Waals surface area contributed by atoms with Crippen LogP contribution in [0.1, 0.15) is 0 Å². The van der Waals surface area contributed by atoms with E-state index >= 15 is 0 Å². The first-order chi connectivity index (χ1) is 4.15. The summed E-state index contributed by atoms with van der Waals surface area (Å²) < 4.78 is 66.7. The van der Waals surface area contributed by atoms with Gasteiger partial charge >= 0.3 is 11.8 Å². The Kier molecular flexibility index (Phi) is 2.82. The van der Waals surface area contributed by atoms with Crippen molar-refractivity contribution >= 4 is 18.5 Å². The van der Waals surface area contributed by atoms with E-state index in [1.54, 1.807) is 0 Å². The van der Waals surface area contributed by atoms with E-state index in [4.69, 9.17) is 0 Å². The van der Waals surface area contributed by atoms with Crippen molar-refractivity contribution in [1.82, 2.24) is 0 Å². The maximum absolute atomic E-state index is 11.1. The fraction of sp³-hybridized carbons (Fsp3) is 1.00. The summed E-state index contributed by atoms with van der Waals surface area (Å²) >= 11 is 4.05. The highest BCUT2D eigenvalue weighted by molar-refractivity contribution is 7.85. The lowest BCUT2D eigenvalue weighted by Gasteiger charge is -2.15. The van der Waals surface area contributed by atoms with Crippen LogP contribution in [0.2, 0.25) is 0 Å². The van der Waals surface area contributed by atoms with Crippen LogP contribution in [0, 0.1) is 0 Å². The molecule has 10 heavy (non-hydrogen) atoms. The predicted octanol–water partition coefficient (Wildman–Crippen LogP) is 3.66. The monoisotopic (exact) mass is 204 g/mol. The summed E-state index contributed by atoms with van der Waals surface area (Å²) in [5.74, 6) is -10.7. The topological polar surface area (TPSA) is 0 Å². The molecular formula is C2ClF6P. The normalized spacial score (nSPS) is 14.4. The molecule has 0 N–H and O–H groups in total. The molecular weight excluding hydrogens is 204 g/mol. The SMILES string of the molecule is FC(F)(F)P(Cl)C(F)(F)F. The zero-order valence-corrected chi connectivity index (χ0v) is 5.74. The van der Waals surface area contributed by atoms with E-state index in [1.807, 2.05) is 0 Å². The Morgan fingerprint density at radius 2 is 1.00 bits per heavy atom. The lowest BCUT2D eigenvalue weighted by Crippen LogP contribution is -2.13. The minimum atomic E-state index is -5.35. The van der Waals surface area contributed by atoms with Crippen LogP contribution >= 0.6 is 18.5 Å². The first-order valence-electron chi connectivity index (χ1n) is 1.75. The Labute approximate surface area is 57.7 Å². The van der Waals surface area contributed by atoms with Crippen molar-refractivity contribution in [2.24, 2.45) is 0 Å². The summed E-state index contributed by atoms with van der Waals surface area (Å²) in [6.07, 6.45) is 0. The third-order valence-electron chi connectivity index (χ3n) is 0.445. The average Bonchev–Trinajstić information content (AvgIpc) is 1.59. The van der Waals surface area contributed by atoms with Crippen LogP contribution in [-0.4, -0.2) is 11.8 Å². The van der Waals surface area contributed by atoms with E-state index < -0.39 is 19.1 Å². The van der Waals surface area contributed by atoms with E-state index in [2.05, 4.69) is 11.2 Å². The predicted molar refractivity (Wildman–Crippen MR) is 24.9 cm³/mol. The Morgan fingerprint density at radius 1 is 0.800 bits per heavy atom. The molecule has 0 atom stereocenters. The lowest BCUT2D eigenvalue weighted by atomic mass is 11.5. The van der Waals surface area contributed by atoms with Crippen LogP contribution in [0.15, 0.2) is 0 Å². The largest absolute Gasteiger partial charge is 0.428 e. The Bertz CT molecular complexity index is 99.9. The molecule has 0 rings (SSSR count). The third-order valence-corrected chi connectivity index (χ3v) is 2.49. The van der Waals surface area contributed by atoms with Gasteiger partial charge in [-0.15, -0.1) is 0 Å². The molecule has 0 amide bonds. The summed E-state index contributed by atoms with van der Waals surface area (Å²) in [5.41, 5.74) is 0. The molecule has 0 aliphatic rings. The van der Waals surface area contributed by atoms with Crippen LogP contribution in [0.3, 0.4) is 0 Å². The molecule has 0 bridgehead atoms. The maximum Gasteiger partial charge on any atom is 0.428 e. The molecule has 0 aromatic rings. The number of halogens is 7. The van der Waals surface area contributed by atoms with Gasteiger partial charge < -0.3 is 0 Å². The number of rotatable bonds is 0. The van der Waals surface area contributed by atoms with Crippen LogP contribution in [-0.2, 0) is 0 Å². The van der Waals surface area contributed by atoms with Crippen molar-refractivity contribution in [2.75, 3.05) is 0 Å². The minimum absolute atomic E-state index is 4.05. The quantitative estimate of drug-likeness (QED) is 0.417. The summed E-state index contributed by atoms with van der Waals surface area (Å²) in [6.45, 7) is 0. The van der Waals surface area contributed by atoms with E-state index in [9.17, 15) is 26.3 Å². The highest BCUT2D eigenvalue weighted by Crippen LogP contribution is 2.67. The molecule has 0 nitrogen and oxygen atoms in total. The van der Waals surface area contributed by atoms with Gasteiger partial charge in [-0.2, -0.15) is 26.3 Å². The number of alkyl halides is 6. The molecule has 8 heteroatoms. The summed E-state index contributed by atoms with van der Waals surface area (Å²) in [4.78, 5) is 0. The van der Waals surface area contributed by atoms with E-state index in [-0.39, 0.29) is 0 Å².